The van der Waals surface area contributed by atoms with Gasteiger partial charge in [0, 0.05) is 42.7 Å². The molecule has 188 valence electrons. The van der Waals surface area contributed by atoms with Gasteiger partial charge in [-0.2, -0.15) is 0 Å². The van der Waals surface area contributed by atoms with Gasteiger partial charge in [0.1, 0.15) is 5.52 Å². The highest BCUT2D eigenvalue weighted by Gasteiger charge is 2.25. The highest BCUT2D eigenvalue weighted by molar-refractivity contribution is 6.10. The first-order valence-electron chi connectivity index (χ1n) is 13.0. The Bertz CT molecular complexity index is 1650. The van der Waals surface area contributed by atoms with Crippen LogP contribution in [0.2, 0.25) is 0 Å². The van der Waals surface area contributed by atoms with E-state index in [2.05, 4.69) is 16.7 Å². The summed E-state index contributed by atoms with van der Waals surface area (Å²) in [6, 6.07) is 9.86. The van der Waals surface area contributed by atoms with Gasteiger partial charge >= 0.3 is 0 Å². The lowest BCUT2D eigenvalue weighted by atomic mass is 9.90. The summed E-state index contributed by atoms with van der Waals surface area (Å²) < 4.78 is 3.62. The first kappa shape index (κ1) is 23.4. The Morgan fingerprint density at radius 2 is 1.92 bits per heavy atom. The molecule has 0 spiro atoms. The van der Waals surface area contributed by atoms with Crippen LogP contribution in [0.1, 0.15) is 54.4 Å². The van der Waals surface area contributed by atoms with Crippen molar-refractivity contribution in [3.8, 4) is 11.8 Å². The highest BCUT2D eigenvalue weighted by Crippen LogP contribution is 2.30. The molecule has 4 aromatic rings. The topological polar surface area (TPSA) is 99.0 Å². The van der Waals surface area contributed by atoms with Gasteiger partial charge in [0.05, 0.1) is 30.0 Å². The van der Waals surface area contributed by atoms with Crippen molar-refractivity contribution in [3.63, 3.8) is 0 Å². The molecule has 6 rings (SSSR count). The molecule has 1 unspecified atom stereocenters. The van der Waals surface area contributed by atoms with Crippen molar-refractivity contribution < 1.29 is 4.79 Å². The van der Waals surface area contributed by atoms with E-state index in [1.54, 1.807) is 17.7 Å². The molecular formula is C29H30N6O2. The molecule has 1 aliphatic carbocycles. The van der Waals surface area contributed by atoms with E-state index in [-0.39, 0.29) is 17.4 Å². The SMILES string of the molecule is CC#CCn1c(N2CCCC(N)C2)nc2ccn(Cc3nc4c(c5ccccc35)C(=O)CCC4)c(=O)c21. The van der Waals surface area contributed by atoms with Gasteiger partial charge in [-0.3, -0.25) is 19.1 Å². The zero-order valence-electron chi connectivity index (χ0n) is 21.0. The molecule has 1 fully saturated rings. The minimum atomic E-state index is -0.130. The number of aromatic nitrogens is 4. The normalized spacial score (nSPS) is 17.6. The number of nitrogens with zero attached hydrogens (tertiary/aromatic N) is 5. The molecule has 0 amide bonds. The number of nitrogens with two attached hydrogens (primary N) is 1. The Kier molecular flexibility index (Phi) is 6.01. The number of piperidine rings is 1. The first-order chi connectivity index (χ1) is 18.0. The minimum absolute atomic E-state index is 0.0891. The van der Waals surface area contributed by atoms with E-state index < -0.39 is 0 Å². The standard InChI is InChI=1S/C29H30N6O2/c1-2-3-15-35-27-23(32-29(35)34-14-7-8-19(30)17-34)13-16-33(28(27)37)18-24-20-9-4-5-10-21(20)26-22(31-24)11-6-12-25(26)36/h4-5,9-10,13,16,19H,6-8,11-12,14-15,17-18,30H2,1H3. The number of benzene rings is 1. The summed E-state index contributed by atoms with van der Waals surface area (Å²) in [6.45, 7) is 4.06. The number of ketones is 1. The number of fused-ring (bicyclic) bond motifs is 4. The minimum Gasteiger partial charge on any atom is -0.341 e. The van der Waals surface area contributed by atoms with Crippen LogP contribution in [0.15, 0.2) is 41.3 Å². The molecule has 8 nitrogen and oxygen atoms in total. The van der Waals surface area contributed by atoms with E-state index in [1.165, 1.54) is 0 Å². The van der Waals surface area contributed by atoms with E-state index in [1.807, 2.05) is 34.9 Å². The van der Waals surface area contributed by atoms with Crippen molar-refractivity contribution in [2.24, 2.45) is 5.73 Å². The van der Waals surface area contributed by atoms with Gasteiger partial charge in [-0.25, -0.2) is 4.98 Å². The fourth-order valence-corrected chi connectivity index (χ4v) is 5.73. The highest BCUT2D eigenvalue weighted by atomic mass is 16.1. The third kappa shape index (κ3) is 4.09. The number of carbonyl (C=O) groups is 1. The molecule has 3 aromatic heterocycles. The van der Waals surface area contributed by atoms with Crippen LogP contribution in [0.3, 0.4) is 0 Å². The molecule has 0 bridgehead atoms. The lowest BCUT2D eigenvalue weighted by molar-refractivity contribution is 0.0973. The van der Waals surface area contributed by atoms with Gasteiger partial charge in [-0.05, 0) is 44.1 Å². The number of aryl methyl sites for hydroxylation is 1. The Balaban J connectivity index is 1.48. The Morgan fingerprint density at radius 3 is 2.73 bits per heavy atom. The second-order valence-electron chi connectivity index (χ2n) is 9.96. The number of carbonyl (C=O) groups excluding carboxylic acids is 1. The third-order valence-corrected chi connectivity index (χ3v) is 7.49. The summed E-state index contributed by atoms with van der Waals surface area (Å²) in [5, 5.41) is 1.84. The van der Waals surface area contributed by atoms with Crippen LogP contribution in [0.4, 0.5) is 5.95 Å². The van der Waals surface area contributed by atoms with Crippen LogP contribution >= 0.6 is 0 Å². The monoisotopic (exact) mass is 494 g/mol. The molecular weight excluding hydrogens is 464 g/mol. The maximum Gasteiger partial charge on any atom is 0.277 e. The predicted molar refractivity (Wildman–Crippen MR) is 145 cm³/mol. The molecule has 0 radical (unpaired) electrons. The number of anilines is 1. The smallest absolute Gasteiger partial charge is 0.277 e. The number of imidazole rings is 1. The van der Waals surface area contributed by atoms with Crippen molar-refractivity contribution in [1.29, 1.82) is 0 Å². The largest absolute Gasteiger partial charge is 0.341 e. The average Bonchev–Trinajstić information content (AvgIpc) is 3.28. The lowest BCUT2D eigenvalue weighted by Crippen LogP contribution is -2.44. The zero-order valence-corrected chi connectivity index (χ0v) is 21.0. The van der Waals surface area contributed by atoms with Crippen molar-refractivity contribution in [3.05, 3.63) is 63.8 Å². The van der Waals surface area contributed by atoms with Gasteiger partial charge in [0.15, 0.2) is 5.78 Å². The fourth-order valence-electron chi connectivity index (χ4n) is 5.73. The number of hydrogen-bond acceptors (Lipinski definition) is 6. The van der Waals surface area contributed by atoms with Crippen molar-refractivity contribution in [2.75, 3.05) is 18.0 Å². The summed E-state index contributed by atoms with van der Waals surface area (Å²) in [6.07, 6.45) is 5.92. The van der Waals surface area contributed by atoms with Gasteiger partial charge in [0.25, 0.3) is 5.56 Å². The first-order valence-corrected chi connectivity index (χ1v) is 13.0. The van der Waals surface area contributed by atoms with Gasteiger partial charge < -0.3 is 15.2 Å². The van der Waals surface area contributed by atoms with E-state index in [4.69, 9.17) is 15.7 Å². The van der Waals surface area contributed by atoms with Crippen molar-refractivity contribution in [2.45, 2.75) is 58.2 Å². The zero-order chi connectivity index (χ0) is 25.5. The molecule has 1 aliphatic heterocycles. The molecule has 1 atom stereocenters. The fraction of sp³-hybridized carbons (Fsp3) is 0.379. The molecule has 2 aliphatic rings. The van der Waals surface area contributed by atoms with Gasteiger partial charge in [0.2, 0.25) is 5.95 Å². The van der Waals surface area contributed by atoms with Crippen molar-refractivity contribution in [1.82, 2.24) is 19.1 Å². The second kappa shape index (κ2) is 9.49. The maximum atomic E-state index is 13.9. The van der Waals surface area contributed by atoms with Crippen LogP contribution in [-0.2, 0) is 19.5 Å². The van der Waals surface area contributed by atoms with Crippen LogP contribution in [0.5, 0.6) is 0 Å². The van der Waals surface area contributed by atoms with Crippen LogP contribution in [-0.4, -0.2) is 44.0 Å². The molecule has 2 N–H and O–H groups in total. The molecule has 0 saturated carbocycles. The van der Waals surface area contributed by atoms with E-state index in [0.29, 0.717) is 37.1 Å². The Morgan fingerprint density at radius 1 is 1.08 bits per heavy atom. The number of rotatable bonds is 4. The number of hydrogen-bond donors (Lipinski definition) is 1. The van der Waals surface area contributed by atoms with Gasteiger partial charge in [-0.1, -0.05) is 30.2 Å². The Labute approximate surface area is 215 Å². The number of Topliss-reactive ketones (excluding diaryl/α,β-unsaturated/α-hetero) is 1. The van der Waals surface area contributed by atoms with Crippen LogP contribution < -0.4 is 16.2 Å². The molecule has 4 heterocycles. The quantitative estimate of drug-likeness (QED) is 0.437. The second-order valence-corrected chi connectivity index (χ2v) is 9.96. The Hall–Kier alpha value is -3.96. The summed E-state index contributed by atoms with van der Waals surface area (Å²) in [5.41, 5.74) is 9.69. The molecule has 8 heteroatoms. The molecule has 1 saturated heterocycles. The van der Waals surface area contributed by atoms with E-state index in [9.17, 15) is 9.59 Å². The lowest BCUT2D eigenvalue weighted by Gasteiger charge is -2.31. The van der Waals surface area contributed by atoms with E-state index >= 15 is 0 Å². The van der Waals surface area contributed by atoms with Gasteiger partial charge in [-0.15, -0.1) is 5.92 Å². The summed E-state index contributed by atoms with van der Waals surface area (Å²) in [7, 11) is 0. The molecule has 37 heavy (non-hydrogen) atoms. The summed E-state index contributed by atoms with van der Waals surface area (Å²) in [5.74, 6) is 6.97. The van der Waals surface area contributed by atoms with E-state index in [0.717, 1.165) is 65.9 Å². The molecule has 1 aromatic carbocycles. The van der Waals surface area contributed by atoms with Crippen molar-refractivity contribution >= 4 is 33.5 Å². The third-order valence-electron chi connectivity index (χ3n) is 7.49. The van der Waals surface area contributed by atoms with Crippen LogP contribution in [0, 0.1) is 11.8 Å². The van der Waals surface area contributed by atoms with Crippen LogP contribution in [0.25, 0.3) is 21.8 Å². The summed E-state index contributed by atoms with van der Waals surface area (Å²) >= 11 is 0. The maximum absolute atomic E-state index is 13.9. The summed E-state index contributed by atoms with van der Waals surface area (Å²) in [4.78, 5) is 38.5. The number of pyridine rings is 2. The average molecular weight is 495 g/mol. The predicted octanol–water partition coefficient (Wildman–Crippen LogP) is 3.26.